The number of ether oxygens (including phenoxy) is 2. The van der Waals surface area contributed by atoms with E-state index in [9.17, 15) is 9.59 Å². The summed E-state index contributed by atoms with van der Waals surface area (Å²) in [5.74, 6) is 0.258. The predicted molar refractivity (Wildman–Crippen MR) is 82.1 cm³/mol. The highest BCUT2D eigenvalue weighted by Gasteiger charge is 2.31. The van der Waals surface area contributed by atoms with Gasteiger partial charge in [-0.05, 0) is 44.5 Å². The van der Waals surface area contributed by atoms with E-state index in [0.717, 1.165) is 5.56 Å². The first-order valence-corrected chi connectivity index (χ1v) is 7.06. The largest absolute Gasteiger partial charge is 0.476 e. The van der Waals surface area contributed by atoms with Crippen LogP contribution in [0.2, 0.25) is 0 Å². The van der Waals surface area contributed by atoms with Crippen LogP contribution in [0.15, 0.2) is 30.3 Å². The van der Waals surface area contributed by atoms with E-state index in [2.05, 4.69) is 0 Å². The van der Waals surface area contributed by atoms with E-state index in [1.807, 2.05) is 19.1 Å². The summed E-state index contributed by atoms with van der Waals surface area (Å²) < 4.78 is 10.6. The van der Waals surface area contributed by atoms with E-state index in [1.54, 1.807) is 45.1 Å². The van der Waals surface area contributed by atoms with E-state index in [-0.39, 0.29) is 5.78 Å². The Hall–Kier alpha value is -2.10. The minimum Gasteiger partial charge on any atom is -0.476 e. The molecule has 0 N–H and O–H groups in total. The van der Waals surface area contributed by atoms with Crippen LogP contribution in [0, 0.1) is 0 Å². The Morgan fingerprint density at radius 2 is 1.76 bits per heavy atom. The third-order valence-corrected chi connectivity index (χ3v) is 2.83. The van der Waals surface area contributed by atoms with Gasteiger partial charge in [-0.2, -0.15) is 0 Å². The molecule has 0 saturated carbocycles. The summed E-state index contributed by atoms with van der Waals surface area (Å²) in [5.41, 5.74) is -0.135. The van der Waals surface area contributed by atoms with Crippen molar-refractivity contribution in [3.8, 4) is 5.75 Å². The van der Waals surface area contributed by atoms with Crippen molar-refractivity contribution in [2.75, 3.05) is 6.61 Å². The number of hydrogen-bond acceptors (Lipinski definition) is 4. The summed E-state index contributed by atoms with van der Waals surface area (Å²) in [6.07, 6.45) is 3.80. The highest BCUT2D eigenvalue weighted by Crippen LogP contribution is 2.20. The normalized spacial score (nSPS) is 11.4. The molecule has 1 aromatic carbocycles. The Morgan fingerprint density at radius 3 is 2.29 bits per heavy atom. The lowest BCUT2D eigenvalue weighted by Gasteiger charge is -2.24. The molecule has 0 bridgehead atoms. The zero-order chi connectivity index (χ0) is 15.9. The van der Waals surface area contributed by atoms with Gasteiger partial charge in [0.05, 0.1) is 6.61 Å². The van der Waals surface area contributed by atoms with Gasteiger partial charge in [0.15, 0.2) is 11.4 Å². The number of rotatable bonds is 7. The quantitative estimate of drug-likeness (QED) is 0.570. The van der Waals surface area contributed by atoms with Crippen LogP contribution in [-0.2, 0) is 14.3 Å². The minimum absolute atomic E-state index is 0.0822. The monoisotopic (exact) mass is 290 g/mol. The van der Waals surface area contributed by atoms with Crippen molar-refractivity contribution in [1.29, 1.82) is 0 Å². The first-order chi connectivity index (χ1) is 9.89. The number of carbonyl (C=O) groups is 2. The second kappa shape index (κ2) is 7.62. The predicted octanol–water partition coefficient (Wildman–Crippen LogP) is 3.40. The summed E-state index contributed by atoms with van der Waals surface area (Å²) in [6.45, 7) is 7.23. The van der Waals surface area contributed by atoms with Crippen molar-refractivity contribution >= 4 is 17.8 Å². The van der Waals surface area contributed by atoms with Gasteiger partial charge in [0.2, 0.25) is 0 Å². The molecule has 0 aliphatic carbocycles. The van der Waals surface area contributed by atoms with E-state index in [1.165, 1.54) is 0 Å². The van der Waals surface area contributed by atoms with Crippen LogP contribution in [-0.4, -0.2) is 24.0 Å². The third kappa shape index (κ3) is 5.42. The maximum Gasteiger partial charge on any atom is 0.349 e. The molecule has 0 radical (unpaired) electrons. The molecule has 0 fully saturated rings. The van der Waals surface area contributed by atoms with Crippen LogP contribution >= 0.6 is 0 Å². The van der Waals surface area contributed by atoms with Crippen LogP contribution in [0.3, 0.4) is 0 Å². The Balaban J connectivity index is 2.72. The van der Waals surface area contributed by atoms with Gasteiger partial charge in [0.25, 0.3) is 0 Å². The molecule has 1 aromatic rings. The second-order valence-corrected chi connectivity index (χ2v) is 5.06. The van der Waals surface area contributed by atoms with Gasteiger partial charge in [-0.3, -0.25) is 4.79 Å². The molecule has 4 nitrogen and oxygen atoms in total. The van der Waals surface area contributed by atoms with Crippen LogP contribution < -0.4 is 4.74 Å². The molecule has 0 aromatic heterocycles. The van der Waals surface area contributed by atoms with Crippen molar-refractivity contribution in [3.05, 3.63) is 35.9 Å². The zero-order valence-corrected chi connectivity index (χ0v) is 13.0. The lowest BCUT2D eigenvalue weighted by molar-refractivity contribution is -0.158. The van der Waals surface area contributed by atoms with Crippen molar-refractivity contribution in [1.82, 2.24) is 0 Å². The standard InChI is InChI=1S/C17H22O4/c1-5-14(18)10-7-13-8-11-15(12-9-13)21-17(3,4)16(19)20-6-2/h7-12H,5-6H2,1-4H3. The van der Waals surface area contributed by atoms with Crippen molar-refractivity contribution in [2.45, 2.75) is 39.7 Å². The molecule has 0 aliphatic rings. The van der Waals surface area contributed by atoms with Gasteiger partial charge in [-0.15, -0.1) is 0 Å². The number of carbonyl (C=O) groups excluding carboxylic acids is 2. The molecule has 0 unspecified atom stereocenters. The summed E-state index contributed by atoms with van der Waals surface area (Å²) in [6, 6.07) is 7.18. The smallest absolute Gasteiger partial charge is 0.349 e. The summed E-state index contributed by atoms with van der Waals surface area (Å²) >= 11 is 0. The summed E-state index contributed by atoms with van der Waals surface area (Å²) in [4.78, 5) is 23.0. The molecular weight excluding hydrogens is 268 g/mol. The van der Waals surface area contributed by atoms with E-state index in [0.29, 0.717) is 18.8 Å². The molecule has 0 saturated heterocycles. The average Bonchev–Trinajstić information content (AvgIpc) is 2.46. The lowest BCUT2D eigenvalue weighted by Crippen LogP contribution is -2.39. The summed E-state index contributed by atoms with van der Waals surface area (Å²) in [7, 11) is 0. The van der Waals surface area contributed by atoms with E-state index in [4.69, 9.17) is 9.47 Å². The fourth-order valence-electron chi connectivity index (χ4n) is 1.60. The van der Waals surface area contributed by atoms with Gasteiger partial charge in [0.1, 0.15) is 5.75 Å². The molecule has 0 heterocycles. The maximum atomic E-state index is 11.8. The van der Waals surface area contributed by atoms with Gasteiger partial charge >= 0.3 is 5.97 Å². The zero-order valence-electron chi connectivity index (χ0n) is 13.0. The fraction of sp³-hybridized carbons (Fsp3) is 0.412. The third-order valence-electron chi connectivity index (χ3n) is 2.83. The van der Waals surface area contributed by atoms with Gasteiger partial charge in [-0.1, -0.05) is 25.1 Å². The molecular formula is C17H22O4. The Labute approximate surface area is 125 Å². The SMILES string of the molecule is CCOC(=O)C(C)(C)Oc1ccc(C=CC(=O)CC)cc1. The molecule has 0 spiro atoms. The number of ketones is 1. The molecule has 21 heavy (non-hydrogen) atoms. The molecule has 1 rings (SSSR count). The van der Waals surface area contributed by atoms with Gasteiger partial charge < -0.3 is 9.47 Å². The minimum atomic E-state index is -1.04. The van der Waals surface area contributed by atoms with E-state index < -0.39 is 11.6 Å². The fourth-order valence-corrected chi connectivity index (χ4v) is 1.60. The first kappa shape index (κ1) is 17.0. The Morgan fingerprint density at radius 1 is 1.14 bits per heavy atom. The molecule has 0 aliphatic heterocycles. The average molecular weight is 290 g/mol. The van der Waals surface area contributed by atoms with Crippen LogP contribution in [0.1, 0.15) is 39.7 Å². The van der Waals surface area contributed by atoms with Crippen LogP contribution in [0.4, 0.5) is 0 Å². The van der Waals surface area contributed by atoms with Gasteiger partial charge in [0, 0.05) is 6.42 Å². The topological polar surface area (TPSA) is 52.6 Å². The lowest BCUT2D eigenvalue weighted by atomic mass is 10.1. The Bertz CT molecular complexity index is 512. The maximum absolute atomic E-state index is 11.8. The second-order valence-electron chi connectivity index (χ2n) is 5.06. The van der Waals surface area contributed by atoms with E-state index >= 15 is 0 Å². The Kier molecular flexibility index (Phi) is 6.15. The number of benzene rings is 1. The van der Waals surface area contributed by atoms with Crippen LogP contribution in [0.25, 0.3) is 6.08 Å². The highest BCUT2D eigenvalue weighted by atomic mass is 16.6. The van der Waals surface area contributed by atoms with Crippen LogP contribution in [0.5, 0.6) is 5.75 Å². The molecule has 0 amide bonds. The number of esters is 1. The number of hydrogen-bond donors (Lipinski definition) is 0. The van der Waals surface area contributed by atoms with Gasteiger partial charge in [-0.25, -0.2) is 4.79 Å². The highest BCUT2D eigenvalue weighted by molar-refractivity contribution is 5.93. The molecule has 114 valence electrons. The summed E-state index contributed by atoms with van der Waals surface area (Å²) in [5, 5.41) is 0. The molecule has 4 heteroatoms. The number of allylic oxidation sites excluding steroid dienone is 1. The van der Waals surface area contributed by atoms with Crippen molar-refractivity contribution < 1.29 is 19.1 Å². The first-order valence-electron chi connectivity index (χ1n) is 7.06. The van der Waals surface area contributed by atoms with Crippen molar-refractivity contribution in [3.63, 3.8) is 0 Å². The molecule has 0 atom stereocenters. The van der Waals surface area contributed by atoms with Crippen molar-refractivity contribution in [2.24, 2.45) is 0 Å².